The number of nitrogens with zero attached hydrogens (tertiary/aromatic N) is 1. The van der Waals surface area contributed by atoms with E-state index < -0.39 is 0 Å². The second kappa shape index (κ2) is 10.5. The number of methoxy groups -OCH3 is 2. The normalized spacial score (nSPS) is 20.4. The Morgan fingerprint density at radius 1 is 1.10 bits per heavy atom. The molecule has 126 valence electrons. The van der Waals surface area contributed by atoms with Crippen molar-refractivity contribution in [3.63, 3.8) is 0 Å². The Morgan fingerprint density at radius 3 is 2.29 bits per heavy atom. The standard InChI is InChI=1S/C17H36N2O2/c1-16(13-21-4)19(11-12-20-3)15-17(14-18-2)9-7-5-6-8-10-17/h16,18H,5-15H2,1-4H3. The van der Waals surface area contributed by atoms with Crippen molar-refractivity contribution in [2.75, 3.05) is 54.1 Å². The fourth-order valence-corrected chi connectivity index (χ4v) is 3.69. The average Bonchev–Trinajstić information content (AvgIpc) is 2.70. The molecule has 0 saturated heterocycles. The van der Waals surface area contributed by atoms with Crippen LogP contribution in [0.15, 0.2) is 0 Å². The SMILES string of the molecule is CNCC1(CN(CCOC)C(C)COC)CCCCCC1. The van der Waals surface area contributed by atoms with Crippen molar-refractivity contribution < 1.29 is 9.47 Å². The third-order valence-electron chi connectivity index (χ3n) is 4.87. The highest BCUT2D eigenvalue weighted by Gasteiger charge is 2.33. The molecule has 1 aliphatic rings. The van der Waals surface area contributed by atoms with E-state index in [-0.39, 0.29) is 0 Å². The highest BCUT2D eigenvalue weighted by Crippen LogP contribution is 2.35. The molecule has 1 fully saturated rings. The molecule has 0 spiro atoms. The molecule has 1 aliphatic carbocycles. The molecule has 0 radical (unpaired) electrons. The molecule has 0 aromatic rings. The predicted octanol–water partition coefficient (Wildman–Crippen LogP) is 2.53. The molecule has 0 heterocycles. The summed E-state index contributed by atoms with van der Waals surface area (Å²) in [4.78, 5) is 2.57. The number of hydrogen-bond donors (Lipinski definition) is 1. The predicted molar refractivity (Wildman–Crippen MR) is 88.8 cm³/mol. The van der Waals surface area contributed by atoms with Crippen molar-refractivity contribution in [2.45, 2.75) is 51.5 Å². The summed E-state index contributed by atoms with van der Waals surface area (Å²) in [6.07, 6.45) is 8.24. The Balaban J connectivity index is 2.73. The molecule has 4 heteroatoms. The molecule has 1 atom stereocenters. The monoisotopic (exact) mass is 300 g/mol. The number of hydrogen-bond acceptors (Lipinski definition) is 4. The minimum atomic E-state index is 0.418. The molecule has 1 N–H and O–H groups in total. The molecular formula is C17H36N2O2. The third-order valence-corrected chi connectivity index (χ3v) is 4.87. The van der Waals surface area contributed by atoms with Crippen LogP contribution in [0.3, 0.4) is 0 Å². The smallest absolute Gasteiger partial charge is 0.0615 e. The Kier molecular flexibility index (Phi) is 9.49. The molecule has 0 bridgehead atoms. The van der Waals surface area contributed by atoms with Crippen LogP contribution in [-0.4, -0.2) is 65.1 Å². The lowest BCUT2D eigenvalue weighted by atomic mass is 9.79. The highest BCUT2D eigenvalue weighted by atomic mass is 16.5. The molecule has 0 aliphatic heterocycles. The molecule has 4 nitrogen and oxygen atoms in total. The van der Waals surface area contributed by atoms with Crippen LogP contribution >= 0.6 is 0 Å². The second-order valence-corrected chi connectivity index (χ2v) is 6.71. The highest BCUT2D eigenvalue weighted by molar-refractivity contribution is 4.88. The van der Waals surface area contributed by atoms with Gasteiger partial charge in [-0.3, -0.25) is 4.90 Å². The van der Waals surface area contributed by atoms with E-state index in [4.69, 9.17) is 9.47 Å². The zero-order valence-electron chi connectivity index (χ0n) is 14.6. The van der Waals surface area contributed by atoms with Gasteiger partial charge in [0.15, 0.2) is 0 Å². The maximum atomic E-state index is 5.37. The molecular weight excluding hydrogens is 264 g/mol. The van der Waals surface area contributed by atoms with Crippen molar-refractivity contribution in [3.8, 4) is 0 Å². The van der Waals surface area contributed by atoms with Crippen LogP contribution in [0.1, 0.15) is 45.4 Å². The lowest BCUT2D eigenvalue weighted by Crippen LogP contribution is -2.48. The topological polar surface area (TPSA) is 33.7 Å². The van der Waals surface area contributed by atoms with Gasteiger partial charge in [0.25, 0.3) is 0 Å². The van der Waals surface area contributed by atoms with Gasteiger partial charge in [-0.05, 0) is 32.2 Å². The lowest BCUT2D eigenvalue weighted by molar-refractivity contribution is 0.0378. The first-order chi connectivity index (χ1) is 10.2. The van der Waals surface area contributed by atoms with E-state index in [0.717, 1.165) is 32.8 Å². The summed E-state index contributed by atoms with van der Waals surface area (Å²) in [5.74, 6) is 0. The van der Waals surface area contributed by atoms with E-state index >= 15 is 0 Å². The second-order valence-electron chi connectivity index (χ2n) is 6.71. The van der Waals surface area contributed by atoms with Gasteiger partial charge >= 0.3 is 0 Å². The summed E-state index contributed by atoms with van der Waals surface area (Å²) in [7, 11) is 5.67. The van der Waals surface area contributed by atoms with Crippen molar-refractivity contribution in [2.24, 2.45) is 5.41 Å². The summed E-state index contributed by atoms with van der Waals surface area (Å²) in [5, 5.41) is 3.45. The van der Waals surface area contributed by atoms with Gasteiger partial charge in [0.05, 0.1) is 13.2 Å². The number of nitrogens with one attached hydrogen (secondary N) is 1. The van der Waals surface area contributed by atoms with Crippen molar-refractivity contribution in [1.82, 2.24) is 10.2 Å². The van der Waals surface area contributed by atoms with Crippen LogP contribution in [0.2, 0.25) is 0 Å². The van der Waals surface area contributed by atoms with Crippen LogP contribution in [0, 0.1) is 5.41 Å². The average molecular weight is 300 g/mol. The Hall–Kier alpha value is -0.160. The first-order valence-corrected chi connectivity index (χ1v) is 8.54. The first kappa shape index (κ1) is 18.9. The largest absolute Gasteiger partial charge is 0.383 e. The van der Waals surface area contributed by atoms with E-state index in [1.165, 1.54) is 38.5 Å². The van der Waals surface area contributed by atoms with Gasteiger partial charge in [0, 0.05) is 39.9 Å². The van der Waals surface area contributed by atoms with Crippen LogP contribution in [0.4, 0.5) is 0 Å². The van der Waals surface area contributed by atoms with E-state index in [2.05, 4.69) is 24.2 Å². The van der Waals surface area contributed by atoms with E-state index in [1.54, 1.807) is 14.2 Å². The van der Waals surface area contributed by atoms with Crippen molar-refractivity contribution in [3.05, 3.63) is 0 Å². The maximum absolute atomic E-state index is 5.37. The van der Waals surface area contributed by atoms with Gasteiger partial charge in [-0.1, -0.05) is 25.7 Å². The minimum absolute atomic E-state index is 0.418. The Labute approximate surface area is 131 Å². The zero-order valence-corrected chi connectivity index (χ0v) is 14.6. The fourth-order valence-electron chi connectivity index (χ4n) is 3.69. The van der Waals surface area contributed by atoms with Gasteiger partial charge in [-0.15, -0.1) is 0 Å². The zero-order chi connectivity index (χ0) is 15.6. The molecule has 0 aromatic carbocycles. The first-order valence-electron chi connectivity index (χ1n) is 8.54. The van der Waals surface area contributed by atoms with Crippen molar-refractivity contribution in [1.29, 1.82) is 0 Å². The summed E-state index contributed by atoms with van der Waals surface area (Å²) in [6, 6.07) is 0.446. The van der Waals surface area contributed by atoms with E-state index in [9.17, 15) is 0 Å². The molecule has 1 saturated carbocycles. The number of rotatable bonds is 10. The van der Waals surface area contributed by atoms with Gasteiger partial charge in [-0.2, -0.15) is 0 Å². The molecule has 1 rings (SSSR count). The fraction of sp³-hybridized carbons (Fsp3) is 1.00. The van der Waals surface area contributed by atoms with Crippen LogP contribution in [-0.2, 0) is 9.47 Å². The van der Waals surface area contributed by atoms with Gasteiger partial charge < -0.3 is 14.8 Å². The molecule has 1 unspecified atom stereocenters. The number of ether oxygens (including phenoxy) is 2. The summed E-state index contributed by atoms with van der Waals surface area (Å²) >= 11 is 0. The van der Waals surface area contributed by atoms with Crippen molar-refractivity contribution >= 4 is 0 Å². The van der Waals surface area contributed by atoms with Crippen LogP contribution in [0.25, 0.3) is 0 Å². The molecule has 0 amide bonds. The minimum Gasteiger partial charge on any atom is -0.383 e. The van der Waals surface area contributed by atoms with Gasteiger partial charge in [0.1, 0.15) is 0 Å². The van der Waals surface area contributed by atoms with E-state index in [0.29, 0.717) is 11.5 Å². The summed E-state index contributed by atoms with van der Waals surface area (Å²) in [6.45, 7) is 7.12. The lowest BCUT2D eigenvalue weighted by Gasteiger charge is -2.40. The summed E-state index contributed by atoms with van der Waals surface area (Å²) < 4.78 is 10.7. The molecule has 21 heavy (non-hydrogen) atoms. The Bertz CT molecular complexity index is 253. The van der Waals surface area contributed by atoms with Gasteiger partial charge in [0.2, 0.25) is 0 Å². The summed E-state index contributed by atoms with van der Waals surface area (Å²) in [5.41, 5.74) is 0.418. The van der Waals surface area contributed by atoms with Crippen LogP contribution in [0.5, 0.6) is 0 Å². The Morgan fingerprint density at radius 2 is 1.76 bits per heavy atom. The third kappa shape index (κ3) is 6.64. The maximum Gasteiger partial charge on any atom is 0.0615 e. The van der Waals surface area contributed by atoms with Crippen LogP contribution < -0.4 is 5.32 Å². The van der Waals surface area contributed by atoms with Gasteiger partial charge in [-0.25, -0.2) is 0 Å². The quantitative estimate of drug-likeness (QED) is 0.629. The van der Waals surface area contributed by atoms with E-state index in [1.807, 2.05) is 0 Å². The molecule has 0 aromatic heterocycles.